The van der Waals surface area contributed by atoms with E-state index in [-0.39, 0.29) is 11.5 Å². The van der Waals surface area contributed by atoms with Crippen molar-refractivity contribution in [3.8, 4) is 6.07 Å². The Bertz CT molecular complexity index is 967. The predicted molar refractivity (Wildman–Crippen MR) is 109 cm³/mol. The van der Waals surface area contributed by atoms with Crippen LogP contribution in [0.5, 0.6) is 0 Å². The number of thiophene rings is 1. The van der Waals surface area contributed by atoms with E-state index in [4.69, 9.17) is 9.26 Å². The van der Waals surface area contributed by atoms with E-state index in [1.165, 1.54) is 23.1 Å². The van der Waals surface area contributed by atoms with E-state index < -0.39 is 18.0 Å². The molecule has 2 heterocycles. The van der Waals surface area contributed by atoms with E-state index in [0.29, 0.717) is 22.0 Å². The van der Waals surface area contributed by atoms with Crippen molar-refractivity contribution >= 4 is 28.2 Å². The second-order valence-electron chi connectivity index (χ2n) is 7.58. The molecule has 0 unspecified atom stereocenters. The second kappa shape index (κ2) is 8.78. The highest BCUT2D eigenvalue weighted by Crippen LogP contribution is 2.37. The summed E-state index contributed by atoms with van der Waals surface area (Å²) in [5.41, 5.74) is 2.28. The number of hydrogen-bond acceptors (Lipinski definition) is 7. The third-order valence-corrected chi connectivity index (χ3v) is 6.25. The lowest BCUT2D eigenvalue weighted by Gasteiger charge is -2.13. The molecule has 0 aromatic carbocycles. The Morgan fingerprint density at radius 2 is 1.97 bits per heavy atom. The lowest BCUT2D eigenvalue weighted by molar-refractivity contribution is -0.123. The first kappa shape index (κ1) is 21.1. The number of hydrogen-bond donors (Lipinski definition) is 1. The molecule has 0 saturated heterocycles. The number of nitriles is 1. The Hall–Kier alpha value is -2.66. The fraction of sp³-hybridized carbons (Fsp3) is 0.524. The molecule has 2 aromatic heterocycles. The van der Waals surface area contributed by atoms with Crippen LogP contribution in [0, 0.1) is 18.3 Å². The van der Waals surface area contributed by atoms with Crippen LogP contribution in [0.2, 0.25) is 0 Å². The van der Waals surface area contributed by atoms with Crippen molar-refractivity contribution in [2.24, 2.45) is 0 Å². The quantitative estimate of drug-likeness (QED) is 0.570. The van der Waals surface area contributed by atoms with Crippen molar-refractivity contribution in [3.05, 3.63) is 33.0 Å². The number of aromatic nitrogens is 1. The molecule has 1 N–H and O–H groups in total. The van der Waals surface area contributed by atoms with E-state index in [2.05, 4.69) is 16.5 Å². The number of ether oxygens (including phenoxy) is 1. The summed E-state index contributed by atoms with van der Waals surface area (Å²) >= 11 is 1.45. The van der Waals surface area contributed by atoms with E-state index in [0.717, 1.165) is 37.7 Å². The van der Waals surface area contributed by atoms with Gasteiger partial charge in [0, 0.05) is 10.8 Å². The van der Waals surface area contributed by atoms with Gasteiger partial charge < -0.3 is 14.6 Å². The topological polar surface area (TPSA) is 105 Å². The number of carbonyl (C=O) groups is 2. The van der Waals surface area contributed by atoms with Crippen LogP contribution in [0.3, 0.4) is 0 Å². The van der Waals surface area contributed by atoms with Crippen LogP contribution in [0.25, 0.3) is 0 Å². The van der Waals surface area contributed by atoms with Crippen molar-refractivity contribution in [1.29, 1.82) is 5.26 Å². The largest absolute Gasteiger partial charge is 0.449 e. The number of aryl methyl sites for hydroxylation is 2. The lowest BCUT2D eigenvalue weighted by Crippen LogP contribution is -2.30. The van der Waals surface area contributed by atoms with Gasteiger partial charge in [0.2, 0.25) is 0 Å². The first-order chi connectivity index (χ1) is 13.8. The minimum Gasteiger partial charge on any atom is -0.449 e. The third kappa shape index (κ3) is 4.35. The van der Waals surface area contributed by atoms with E-state index in [9.17, 15) is 14.9 Å². The zero-order chi connectivity index (χ0) is 21.1. The Balaban J connectivity index is 1.73. The number of nitrogens with one attached hydrogen (secondary N) is 1. The van der Waals surface area contributed by atoms with Crippen molar-refractivity contribution < 1.29 is 18.8 Å². The zero-order valence-electron chi connectivity index (χ0n) is 17.1. The summed E-state index contributed by atoms with van der Waals surface area (Å²) in [6.07, 6.45) is 4.07. The molecular formula is C21H25N3O4S. The van der Waals surface area contributed by atoms with Crippen LogP contribution in [0.1, 0.15) is 83.8 Å². The smallest absolute Gasteiger partial charge is 0.344 e. The van der Waals surface area contributed by atoms with Gasteiger partial charge in [-0.15, -0.1) is 11.3 Å². The number of rotatable bonds is 5. The number of anilines is 1. The summed E-state index contributed by atoms with van der Waals surface area (Å²) in [4.78, 5) is 26.4. The molecule has 8 heteroatoms. The molecule has 3 rings (SSSR count). The first-order valence-electron chi connectivity index (χ1n) is 9.86. The summed E-state index contributed by atoms with van der Waals surface area (Å²) in [5, 5.41) is 16.7. The molecule has 0 fully saturated rings. The normalized spacial score (nSPS) is 14.6. The van der Waals surface area contributed by atoms with Gasteiger partial charge in [-0.25, -0.2) is 4.79 Å². The standard InChI is InChI=1S/C21H25N3O4S/c1-11(2)18-17(12(3)24-28-18)21(26)27-13(4)19(25)23-20-15(10-22)14-8-6-5-7-9-16(14)29-20/h11,13H,5-9H2,1-4H3,(H,23,25)/t13-/m1/s1. The fourth-order valence-electron chi connectivity index (χ4n) is 3.47. The molecule has 7 nitrogen and oxygen atoms in total. The maximum Gasteiger partial charge on any atom is 0.344 e. The summed E-state index contributed by atoms with van der Waals surface area (Å²) in [7, 11) is 0. The lowest BCUT2D eigenvalue weighted by atomic mass is 10.1. The minimum absolute atomic E-state index is 0.0393. The van der Waals surface area contributed by atoms with E-state index >= 15 is 0 Å². The molecule has 0 saturated carbocycles. The van der Waals surface area contributed by atoms with Gasteiger partial charge in [-0.05, 0) is 45.1 Å². The summed E-state index contributed by atoms with van der Waals surface area (Å²) in [5.74, 6) is -0.708. The minimum atomic E-state index is -1.02. The zero-order valence-corrected chi connectivity index (χ0v) is 17.9. The predicted octanol–water partition coefficient (Wildman–Crippen LogP) is 4.49. The van der Waals surface area contributed by atoms with Gasteiger partial charge in [0.15, 0.2) is 11.9 Å². The molecule has 2 aromatic rings. The fourth-order valence-corrected chi connectivity index (χ4v) is 4.71. The van der Waals surface area contributed by atoms with Crippen LogP contribution >= 0.6 is 11.3 Å². The maximum absolute atomic E-state index is 12.6. The SMILES string of the molecule is Cc1noc(C(C)C)c1C(=O)O[C@H](C)C(=O)Nc1sc2c(c1C#N)CCCCC2. The van der Waals surface area contributed by atoms with Crippen LogP contribution < -0.4 is 5.32 Å². The highest BCUT2D eigenvalue weighted by molar-refractivity contribution is 7.16. The highest BCUT2D eigenvalue weighted by atomic mass is 32.1. The summed E-state index contributed by atoms with van der Waals surface area (Å²) in [6.45, 7) is 6.94. The maximum atomic E-state index is 12.6. The molecule has 0 bridgehead atoms. The number of fused-ring (bicyclic) bond motifs is 1. The molecule has 1 atom stereocenters. The summed E-state index contributed by atoms with van der Waals surface area (Å²) in [6, 6.07) is 2.23. The van der Waals surface area contributed by atoms with Crippen molar-refractivity contribution in [3.63, 3.8) is 0 Å². The number of esters is 1. The van der Waals surface area contributed by atoms with Gasteiger partial charge >= 0.3 is 5.97 Å². The second-order valence-corrected chi connectivity index (χ2v) is 8.68. The molecule has 0 aliphatic heterocycles. The van der Waals surface area contributed by atoms with E-state index in [1.807, 2.05) is 13.8 Å². The molecule has 1 aliphatic rings. The van der Waals surface area contributed by atoms with Gasteiger partial charge in [0.1, 0.15) is 16.6 Å². The Morgan fingerprint density at radius 1 is 1.24 bits per heavy atom. The van der Waals surface area contributed by atoms with Crippen LogP contribution in [-0.2, 0) is 22.4 Å². The highest BCUT2D eigenvalue weighted by Gasteiger charge is 2.28. The van der Waals surface area contributed by atoms with Gasteiger partial charge in [0.25, 0.3) is 5.91 Å². The van der Waals surface area contributed by atoms with Crippen LogP contribution in [0.4, 0.5) is 5.00 Å². The van der Waals surface area contributed by atoms with Gasteiger partial charge in [-0.1, -0.05) is 25.4 Å². The van der Waals surface area contributed by atoms with Gasteiger partial charge in [0.05, 0.1) is 11.3 Å². The monoisotopic (exact) mass is 415 g/mol. The summed E-state index contributed by atoms with van der Waals surface area (Å²) < 4.78 is 10.6. The Labute approximate surface area is 174 Å². The third-order valence-electron chi connectivity index (χ3n) is 5.04. The number of nitrogens with zero attached hydrogens (tertiary/aromatic N) is 2. The molecular weight excluding hydrogens is 390 g/mol. The van der Waals surface area contributed by atoms with E-state index in [1.54, 1.807) is 6.92 Å². The average molecular weight is 416 g/mol. The van der Waals surface area contributed by atoms with Crippen molar-refractivity contribution in [1.82, 2.24) is 5.16 Å². The molecule has 1 aliphatic carbocycles. The molecule has 154 valence electrons. The van der Waals surface area contributed by atoms with Gasteiger partial charge in [-0.3, -0.25) is 4.79 Å². The Kier molecular flexibility index (Phi) is 6.38. The van der Waals surface area contributed by atoms with Crippen LogP contribution in [-0.4, -0.2) is 23.1 Å². The van der Waals surface area contributed by atoms with Gasteiger partial charge in [-0.2, -0.15) is 5.26 Å². The number of amides is 1. The number of carbonyl (C=O) groups excluding carboxylic acids is 2. The molecule has 29 heavy (non-hydrogen) atoms. The molecule has 0 spiro atoms. The van der Waals surface area contributed by atoms with Crippen LogP contribution in [0.15, 0.2) is 4.52 Å². The van der Waals surface area contributed by atoms with Crippen molar-refractivity contribution in [2.75, 3.05) is 5.32 Å². The molecule has 1 amide bonds. The first-order valence-corrected chi connectivity index (χ1v) is 10.7. The Morgan fingerprint density at radius 3 is 2.66 bits per heavy atom. The van der Waals surface area contributed by atoms with Crippen molar-refractivity contribution in [2.45, 2.75) is 71.8 Å². The average Bonchev–Trinajstić information content (AvgIpc) is 3.13. The molecule has 0 radical (unpaired) electrons.